The zero-order chi connectivity index (χ0) is 18.9. The minimum atomic E-state index is 0. The highest BCUT2D eigenvalue weighted by atomic mass is 127. The van der Waals surface area contributed by atoms with Gasteiger partial charge in [-0.05, 0) is 25.8 Å². The maximum Gasteiger partial charge on any atom is 0.191 e. The van der Waals surface area contributed by atoms with E-state index in [4.69, 9.17) is 9.73 Å². The number of nitrogens with one attached hydrogen (secondary N) is 2. The first-order chi connectivity index (χ1) is 13.3. The van der Waals surface area contributed by atoms with Crippen LogP contribution in [0.4, 0.5) is 0 Å². The number of halogens is 1. The lowest BCUT2D eigenvalue weighted by molar-refractivity contribution is 0.359. The first-order valence-corrected chi connectivity index (χ1v) is 9.56. The van der Waals surface area contributed by atoms with Crippen molar-refractivity contribution in [1.82, 2.24) is 25.4 Å². The summed E-state index contributed by atoms with van der Waals surface area (Å²) in [7, 11) is 0. The van der Waals surface area contributed by atoms with Gasteiger partial charge in [0, 0.05) is 25.1 Å². The Kier molecular flexibility index (Phi) is 9.26. The lowest BCUT2D eigenvalue weighted by Gasteiger charge is -2.16. The van der Waals surface area contributed by atoms with Crippen LogP contribution in [0.1, 0.15) is 37.0 Å². The predicted octanol–water partition coefficient (Wildman–Crippen LogP) is 3.05. The minimum absolute atomic E-state index is 0. The minimum Gasteiger partial charge on any atom is -0.489 e. The number of aryl methyl sites for hydroxylation is 1. The second-order valence-electron chi connectivity index (χ2n) is 6.40. The van der Waals surface area contributed by atoms with E-state index in [-0.39, 0.29) is 24.0 Å². The number of nitrogens with zero attached hydrogens (tertiary/aromatic N) is 4. The van der Waals surface area contributed by atoms with Gasteiger partial charge in [-0.2, -0.15) is 0 Å². The highest BCUT2D eigenvalue weighted by Gasteiger charge is 2.15. The van der Waals surface area contributed by atoms with Gasteiger partial charge in [-0.3, -0.25) is 0 Å². The Morgan fingerprint density at radius 1 is 1.29 bits per heavy atom. The number of hydrogen-bond donors (Lipinski definition) is 2. The fraction of sp³-hybridized carbons (Fsp3) is 0.450. The molecule has 28 heavy (non-hydrogen) atoms. The molecule has 152 valence electrons. The van der Waals surface area contributed by atoms with Crippen LogP contribution in [0, 0.1) is 0 Å². The molecular formula is C20H29IN6O. The van der Waals surface area contributed by atoms with Gasteiger partial charge in [0.1, 0.15) is 18.2 Å². The lowest BCUT2D eigenvalue weighted by atomic mass is 10.2. The molecule has 1 aliphatic rings. The van der Waals surface area contributed by atoms with Gasteiger partial charge in [0.15, 0.2) is 11.8 Å². The van der Waals surface area contributed by atoms with Crippen molar-refractivity contribution < 1.29 is 4.74 Å². The molecule has 0 spiro atoms. The topological polar surface area (TPSA) is 76.4 Å². The maximum absolute atomic E-state index is 5.71. The number of fused-ring (bicyclic) bond motifs is 1. The third-order valence-corrected chi connectivity index (χ3v) is 4.43. The van der Waals surface area contributed by atoms with Crippen LogP contribution >= 0.6 is 24.0 Å². The second kappa shape index (κ2) is 11.7. The molecule has 3 rings (SSSR count). The highest BCUT2D eigenvalue weighted by Crippen LogP contribution is 2.19. The number of aromatic nitrogens is 3. The summed E-state index contributed by atoms with van der Waals surface area (Å²) in [4.78, 5) is 4.70. The second-order valence-corrected chi connectivity index (χ2v) is 6.40. The molecule has 0 amide bonds. The van der Waals surface area contributed by atoms with Gasteiger partial charge in [-0.25, -0.2) is 4.99 Å². The molecule has 0 radical (unpaired) electrons. The Balaban J connectivity index is 0.00000280. The molecule has 0 saturated heterocycles. The van der Waals surface area contributed by atoms with Crippen LogP contribution in [0.2, 0.25) is 0 Å². The van der Waals surface area contributed by atoms with Crippen molar-refractivity contribution in [3.63, 3.8) is 0 Å². The lowest BCUT2D eigenvalue weighted by Crippen LogP contribution is -2.37. The molecule has 2 aromatic rings. The van der Waals surface area contributed by atoms with Crippen LogP contribution in [0.15, 0.2) is 41.9 Å². The van der Waals surface area contributed by atoms with Crippen molar-refractivity contribution in [3.05, 3.63) is 54.1 Å². The Labute approximate surface area is 183 Å². The van der Waals surface area contributed by atoms with Crippen molar-refractivity contribution in [2.75, 3.05) is 13.2 Å². The third-order valence-electron chi connectivity index (χ3n) is 4.43. The summed E-state index contributed by atoms with van der Waals surface area (Å²) in [6, 6.07) is 7.94. The number of aliphatic imine (C=N–C) groups is 1. The first-order valence-electron chi connectivity index (χ1n) is 9.56. The summed E-state index contributed by atoms with van der Waals surface area (Å²) in [6.45, 7) is 9.16. The highest BCUT2D eigenvalue weighted by molar-refractivity contribution is 14.0. The van der Waals surface area contributed by atoms with Gasteiger partial charge >= 0.3 is 0 Å². The Morgan fingerprint density at radius 2 is 2.14 bits per heavy atom. The van der Waals surface area contributed by atoms with Crippen molar-refractivity contribution in [1.29, 1.82) is 0 Å². The molecule has 0 aliphatic carbocycles. The summed E-state index contributed by atoms with van der Waals surface area (Å²) in [5.74, 6) is 3.64. The summed E-state index contributed by atoms with van der Waals surface area (Å²) in [5.41, 5.74) is 1.04. The summed E-state index contributed by atoms with van der Waals surface area (Å²) in [6.07, 6.45) is 5.14. The van der Waals surface area contributed by atoms with Crippen molar-refractivity contribution in [2.24, 2.45) is 4.99 Å². The molecule has 0 unspecified atom stereocenters. The van der Waals surface area contributed by atoms with E-state index in [0.29, 0.717) is 19.7 Å². The molecule has 1 aromatic carbocycles. The van der Waals surface area contributed by atoms with Gasteiger partial charge in [-0.1, -0.05) is 30.9 Å². The van der Waals surface area contributed by atoms with Gasteiger partial charge in [0.2, 0.25) is 0 Å². The number of rotatable bonds is 8. The number of para-hydroxylation sites is 1. The van der Waals surface area contributed by atoms with E-state index in [1.165, 1.54) is 12.8 Å². The van der Waals surface area contributed by atoms with Gasteiger partial charge in [0.25, 0.3) is 0 Å². The predicted molar refractivity (Wildman–Crippen MR) is 122 cm³/mol. The Hall–Kier alpha value is -2.10. The van der Waals surface area contributed by atoms with Gasteiger partial charge < -0.3 is 19.9 Å². The fourth-order valence-electron chi connectivity index (χ4n) is 3.09. The van der Waals surface area contributed by atoms with Gasteiger partial charge in [-0.15, -0.1) is 34.2 Å². The molecule has 1 aliphatic heterocycles. The van der Waals surface area contributed by atoms with Gasteiger partial charge in [0.05, 0.1) is 13.1 Å². The molecular weight excluding hydrogens is 467 g/mol. The normalized spacial score (nSPS) is 13.2. The van der Waals surface area contributed by atoms with E-state index in [9.17, 15) is 0 Å². The Morgan fingerprint density at radius 3 is 2.96 bits per heavy atom. The van der Waals surface area contributed by atoms with Crippen molar-refractivity contribution in [3.8, 4) is 5.75 Å². The molecule has 2 N–H and O–H groups in total. The summed E-state index contributed by atoms with van der Waals surface area (Å²) < 4.78 is 7.93. The maximum atomic E-state index is 5.71. The third kappa shape index (κ3) is 5.95. The molecule has 7 nitrogen and oxygen atoms in total. The number of guanidine groups is 1. The van der Waals surface area contributed by atoms with E-state index in [0.717, 1.165) is 48.4 Å². The molecule has 2 heterocycles. The van der Waals surface area contributed by atoms with Crippen LogP contribution in [0.3, 0.4) is 0 Å². The molecule has 1 aromatic heterocycles. The first kappa shape index (κ1) is 22.2. The molecule has 0 atom stereocenters. The smallest absolute Gasteiger partial charge is 0.191 e. The molecule has 0 fully saturated rings. The standard InChI is InChI=1S/C20H28N6O.HI/c1-3-13-27-17-10-6-5-9-16(17)14-22-20(21-4-2)23-15-19-25-24-18-11-7-8-12-26(18)19;/h3,5-6,9-10H,1,4,7-8,11-15H2,2H3,(H2,21,22,23);1H. The van der Waals surface area contributed by atoms with E-state index >= 15 is 0 Å². The molecule has 0 bridgehead atoms. The van der Waals surface area contributed by atoms with Crippen molar-refractivity contribution in [2.45, 2.75) is 45.8 Å². The van der Waals surface area contributed by atoms with Crippen LogP contribution in [-0.4, -0.2) is 33.9 Å². The van der Waals surface area contributed by atoms with Crippen LogP contribution in [-0.2, 0) is 26.1 Å². The zero-order valence-corrected chi connectivity index (χ0v) is 18.7. The van der Waals surface area contributed by atoms with Crippen LogP contribution in [0.5, 0.6) is 5.75 Å². The van der Waals surface area contributed by atoms with E-state index < -0.39 is 0 Å². The largest absolute Gasteiger partial charge is 0.489 e. The monoisotopic (exact) mass is 496 g/mol. The fourth-order valence-corrected chi connectivity index (χ4v) is 3.09. The Bertz CT molecular complexity index is 789. The van der Waals surface area contributed by atoms with Crippen LogP contribution in [0.25, 0.3) is 0 Å². The number of ether oxygens (including phenoxy) is 1. The zero-order valence-electron chi connectivity index (χ0n) is 16.4. The number of hydrogen-bond acceptors (Lipinski definition) is 4. The quantitative estimate of drug-likeness (QED) is 0.254. The summed E-state index contributed by atoms with van der Waals surface area (Å²) >= 11 is 0. The molecule has 0 saturated carbocycles. The summed E-state index contributed by atoms with van der Waals surface area (Å²) in [5, 5.41) is 15.3. The molecule has 8 heteroatoms. The van der Waals surface area contributed by atoms with E-state index in [2.05, 4.69) is 38.9 Å². The van der Waals surface area contributed by atoms with E-state index in [1.54, 1.807) is 6.08 Å². The average molecular weight is 496 g/mol. The van der Waals surface area contributed by atoms with Crippen LogP contribution < -0.4 is 15.4 Å². The van der Waals surface area contributed by atoms with E-state index in [1.807, 2.05) is 24.3 Å². The number of benzene rings is 1. The SMILES string of the molecule is C=CCOc1ccccc1CN=C(NCC)NCc1nnc2n1CCCC2.I. The average Bonchev–Trinajstić information content (AvgIpc) is 3.12. The van der Waals surface area contributed by atoms with Crippen molar-refractivity contribution >= 4 is 29.9 Å².